The summed E-state index contributed by atoms with van der Waals surface area (Å²) in [6.45, 7) is 0.00716. The van der Waals surface area contributed by atoms with Gasteiger partial charge in [-0.1, -0.05) is 43.0 Å². The van der Waals surface area contributed by atoms with E-state index < -0.39 is 5.97 Å². The summed E-state index contributed by atoms with van der Waals surface area (Å²) in [6.07, 6.45) is 5.69. The van der Waals surface area contributed by atoms with E-state index in [1.54, 1.807) is 12.1 Å². The number of carbonyl (C=O) groups is 3. The third-order valence-electron chi connectivity index (χ3n) is 4.73. The molecule has 2 rings (SSSR count). The molecule has 0 aromatic heterocycles. The molecule has 1 aromatic rings. The summed E-state index contributed by atoms with van der Waals surface area (Å²) in [5, 5.41) is 3.30. The monoisotopic (exact) mass is 426 g/mol. The molecule has 0 unspecified atom stereocenters. The normalized spacial score (nSPS) is 14.4. The molecule has 1 aliphatic rings. The zero-order chi connectivity index (χ0) is 20.4. The number of nitrogens with one attached hydrogen (secondary N) is 1. The SMILES string of the molecule is CN(C(=O)CSCC(=O)OCC(=O)NCc1ccc(Cl)cc1)C1CCCCC1. The van der Waals surface area contributed by atoms with Gasteiger partial charge in [-0.15, -0.1) is 11.8 Å². The van der Waals surface area contributed by atoms with Crippen molar-refractivity contribution in [3.05, 3.63) is 34.9 Å². The molecule has 154 valence electrons. The van der Waals surface area contributed by atoms with E-state index in [1.165, 1.54) is 31.0 Å². The maximum atomic E-state index is 12.2. The maximum absolute atomic E-state index is 12.2. The molecular weight excluding hydrogens is 400 g/mol. The van der Waals surface area contributed by atoms with E-state index in [0.29, 0.717) is 17.6 Å². The first-order valence-electron chi connectivity index (χ1n) is 9.46. The Hall–Kier alpha value is -1.73. The van der Waals surface area contributed by atoms with Crippen LogP contribution in [0.1, 0.15) is 37.7 Å². The van der Waals surface area contributed by atoms with Gasteiger partial charge < -0.3 is 15.0 Å². The fourth-order valence-electron chi connectivity index (χ4n) is 3.04. The van der Waals surface area contributed by atoms with Crippen molar-refractivity contribution in [2.24, 2.45) is 0 Å². The molecule has 0 radical (unpaired) electrons. The fourth-order valence-corrected chi connectivity index (χ4v) is 3.89. The molecule has 1 saturated carbocycles. The first kappa shape index (κ1) is 22.6. The summed E-state index contributed by atoms with van der Waals surface area (Å²) < 4.78 is 4.95. The predicted octanol–water partition coefficient (Wildman–Crippen LogP) is 3.02. The zero-order valence-electron chi connectivity index (χ0n) is 16.1. The molecule has 0 atom stereocenters. The minimum atomic E-state index is -0.500. The predicted molar refractivity (Wildman–Crippen MR) is 111 cm³/mol. The summed E-state index contributed by atoms with van der Waals surface area (Å²) >= 11 is 7.02. The number of hydrogen-bond acceptors (Lipinski definition) is 5. The van der Waals surface area contributed by atoms with E-state index in [1.807, 2.05) is 24.1 Å². The van der Waals surface area contributed by atoms with Gasteiger partial charge in [0.05, 0.1) is 11.5 Å². The van der Waals surface area contributed by atoms with Crippen molar-refractivity contribution in [3.63, 3.8) is 0 Å². The highest BCUT2D eigenvalue weighted by atomic mass is 35.5. The van der Waals surface area contributed by atoms with Gasteiger partial charge in [0.25, 0.3) is 5.91 Å². The first-order valence-corrected chi connectivity index (χ1v) is 11.0. The number of thioether (sulfide) groups is 1. The second-order valence-corrected chi connectivity index (χ2v) is 8.28. The zero-order valence-corrected chi connectivity index (χ0v) is 17.7. The van der Waals surface area contributed by atoms with Crippen LogP contribution in [0.15, 0.2) is 24.3 Å². The van der Waals surface area contributed by atoms with Gasteiger partial charge in [0.15, 0.2) is 6.61 Å². The van der Waals surface area contributed by atoms with Crippen LogP contribution in [0.5, 0.6) is 0 Å². The van der Waals surface area contributed by atoms with Crippen LogP contribution in [0.25, 0.3) is 0 Å². The molecule has 1 aromatic carbocycles. The lowest BCUT2D eigenvalue weighted by atomic mass is 9.94. The molecule has 0 spiro atoms. The van der Waals surface area contributed by atoms with Gasteiger partial charge in [-0.25, -0.2) is 0 Å². The van der Waals surface area contributed by atoms with Gasteiger partial charge >= 0.3 is 5.97 Å². The molecule has 0 bridgehead atoms. The van der Waals surface area contributed by atoms with Crippen LogP contribution in [0.3, 0.4) is 0 Å². The Kier molecular flexibility index (Phi) is 9.64. The Balaban J connectivity index is 1.57. The minimum absolute atomic E-state index is 0.0328. The van der Waals surface area contributed by atoms with Crippen molar-refractivity contribution < 1.29 is 19.1 Å². The van der Waals surface area contributed by atoms with Crippen LogP contribution < -0.4 is 5.32 Å². The van der Waals surface area contributed by atoms with Gasteiger partial charge in [0.2, 0.25) is 5.91 Å². The quantitative estimate of drug-likeness (QED) is 0.614. The Morgan fingerprint density at radius 2 is 1.82 bits per heavy atom. The molecule has 1 aliphatic carbocycles. The number of hydrogen-bond donors (Lipinski definition) is 1. The Bertz CT molecular complexity index is 663. The number of amides is 2. The lowest BCUT2D eigenvalue weighted by Gasteiger charge is -2.31. The van der Waals surface area contributed by atoms with E-state index in [2.05, 4.69) is 5.32 Å². The summed E-state index contributed by atoms with van der Waals surface area (Å²) in [5.41, 5.74) is 0.903. The van der Waals surface area contributed by atoms with Gasteiger partial charge in [0, 0.05) is 24.7 Å². The molecule has 2 amide bonds. The van der Waals surface area contributed by atoms with Crippen molar-refractivity contribution in [1.29, 1.82) is 0 Å². The average Bonchev–Trinajstić information content (AvgIpc) is 2.71. The first-order chi connectivity index (χ1) is 13.5. The largest absolute Gasteiger partial charge is 0.455 e. The highest BCUT2D eigenvalue weighted by molar-refractivity contribution is 8.00. The second kappa shape index (κ2) is 12.0. The van der Waals surface area contributed by atoms with Crippen molar-refractivity contribution in [2.75, 3.05) is 25.2 Å². The molecule has 8 heteroatoms. The highest BCUT2D eigenvalue weighted by Gasteiger charge is 2.22. The molecule has 1 N–H and O–H groups in total. The maximum Gasteiger partial charge on any atom is 0.316 e. The smallest absolute Gasteiger partial charge is 0.316 e. The Labute approximate surface area is 175 Å². The summed E-state index contributed by atoms with van der Waals surface area (Å²) in [6, 6.07) is 7.43. The lowest BCUT2D eigenvalue weighted by Crippen LogP contribution is -2.39. The van der Waals surface area contributed by atoms with E-state index in [-0.39, 0.29) is 29.9 Å². The fraction of sp³-hybridized carbons (Fsp3) is 0.550. The Morgan fingerprint density at radius 3 is 2.50 bits per heavy atom. The molecule has 1 fully saturated rings. The van der Waals surface area contributed by atoms with Gasteiger partial charge in [-0.05, 0) is 30.5 Å². The summed E-state index contributed by atoms with van der Waals surface area (Å²) in [4.78, 5) is 37.5. The molecule has 0 heterocycles. The third-order valence-corrected chi connectivity index (χ3v) is 5.87. The number of carbonyl (C=O) groups excluding carboxylic acids is 3. The topological polar surface area (TPSA) is 75.7 Å². The van der Waals surface area contributed by atoms with Crippen LogP contribution in [-0.4, -0.2) is 53.9 Å². The third kappa shape index (κ3) is 8.10. The summed E-state index contributed by atoms with van der Waals surface area (Å²) in [5.74, 6) is -0.550. The van der Waals surface area contributed by atoms with Crippen molar-refractivity contribution in [3.8, 4) is 0 Å². The van der Waals surface area contributed by atoms with Crippen molar-refractivity contribution in [2.45, 2.75) is 44.7 Å². The van der Waals surface area contributed by atoms with Crippen LogP contribution >= 0.6 is 23.4 Å². The van der Waals surface area contributed by atoms with E-state index in [4.69, 9.17) is 16.3 Å². The number of nitrogens with zero attached hydrogens (tertiary/aromatic N) is 1. The lowest BCUT2D eigenvalue weighted by molar-refractivity contribution is -0.145. The van der Waals surface area contributed by atoms with Crippen LogP contribution in [0.2, 0.25) is 5.02 Å². The van der Waals surface area contributed by atoms with Crippen LogP contribution in [0.4, 0.5) is 0 Å². The van der Waals surface area contributed by atoms with Crippen molar-refractivity contribution >= 4 is 41.1 Å². The van der Waals surface area contributed by atoms with Crippen LogP contribution in [-0.2, 0) is 25.7 Å². The summed E-state index contributed by atoms with van der Waals surface area (Å²) in [7, 11) is 1.84. The molecule has 6 nitrogen and oxygen atoms in total. The average molecular weight is 427 g/mol. The standard InChI is InChI=1S/C20H27ClN2O4S/c1-23(17-5-3-2-4-6-17)19(25)13-28-14-20(26)27-12-18(24)22-11-15-7-9-16(21)10-8-15/h7-10,17H,2-6,11-14H2,1H3,(H,22,24). The van der Waals surface area contributed by atoms with E-state index >= 15 is 0 Å². The number of benzene rings is 1. The van der Waals surface area contributed by atoms with E-state index in [0.717, 1.165) is 18.4 Å². The number of halogens is 1. The van der Waals surface area contributed by atoms with Gasteiger partial charge in [0.1, 0.15) is 0 Å². The molecule has 0 saturated heterocycles. The highest BCUT2D eigenvalue weighted by Crippen LogP contribution is 2.22. The number of ether oxygens (including phenoxy) is 1. The van der Waals surface area contributed by atoms with E-state index in [9.17, 15) is 14.4 Å². The second-order valence-electron chi connectivity index (χ2n) is 6.85. The minimum Gasteiger partial charge on any atom is -0.455 e. The molecule has 0 aliphatic heterocycles. The van der Waals surface area contributed by atoms with Gasteiger partial charge in [-0.2, -0.15) is 0 Å². The number of esters is 1. The number of rotatable bonds is 9. The van der Waals surface area contributed by atoms with Gasteiger partial charge in [-0.3, -0.25) is 14.4 Å². The molecular formula is C20H27ClN2O4S. The van der Waals surface area contributed by atoms with Crippen molar-refractivity contribution in [1.82, 2.24) is 10.2 Å². The molecule has 28 heavy (non-hydrogen) atoms. The Morgan fingerprint density at radius 1 is 1.14 bits per heavy atom. The van der Waals surface area contributed by atoms with Crippen LogP contribution in [0, 0.1) is 0 Å².